The molecule has 2 atom stereocenters. The van der Waals surface area contributed by atoms with E-state index in [2.05, 4.69) is 26.0 Å². The molecule has 0 saturated heterocycles. The van der Waals surface area contributed by atoms with Crippen LogP contribution in [0.4, 0.5) is 0 Å². The number of aliphatic hydroxyl groups is 1. The molecule has 0 amide bonds. The normalized spacial score (nSPS) is 14.8. The van der Waals surface area contributed by atoms with Crippen molar-refractivity contribution in [3.8, 4) is 0 Å². The maximum Gasteiger partial charge on any atom is 0.105 e. The summed E-state index contributed by atoms with van der Waals surface area (Å²) in [5.74, 6) is 0. The van der Waals surface area contributed by atoms with Gasteiger partial charge < -0.3 is 9.84 Å². The Morgan fingerprint density at radius 2 is 1.81 bits per heavy atom. The lowest BCUT2D eigenvalue weighted by molar-refractivity contribution is -0.0179. The fourth-order valence-electron chi connectivity index (χ4n) is 1.85. The van der Waals surface area contributed by atoms with E-state index in [1.54, 1.807) is 7.11 Å². The van der Waals surface area contributed by atoms with Gasteiger partial charge in [-0.2, -0.15) is 0 Å². The van der Waals surface area contributed by atoms with Gasteiger partial charge in [0.05, 0.1) is 6.10 Å². The first-order valence-electron chi connectivity index (χ1n) is 6.02. The number of hydrogen-bond donors (Lipinski definition) is 1. The standard InChI is InChI=1S/C14H22O2/c1-4-6-13(16-3)14(15)12-9-7-11(5-2)8-10-12/h7-10,13-15H,4-6H2,1-3H3. The first kappa shape index (κ1) is 13.2. The molecule has 2 nitrogen and oxygen atoms in total. The minimum Gasteiger partial charge on any atom is -0.386 e. The first-order chi connectivity index (χ1) is 7.72. The zero-order valence-electron chi connectivity index (χ0n) is 10.4. The van der Waals surface area contributed by atoms with Gasteiger partial charge in [-0.3, -0.25) is 0 Å². The molecule has 1 N–H and O–H groups in total. The second kappa shape index (κ2) is 6.66. The van der Waals surface area contributed by atoms with E-state index in [0.717, 1.165) is 24.8 Å². The van der Waals surface area contributed by atoms with Gasteiger partial charge in [0.25, 0.3) is 0 Å². The molecule has 2 unspecified atom stereocenters. The molecular weight excluding hydrogens is 200 g/mol. The van der Waals surface area contributed by atoms with Crippen LogP contribution in [-0.2, 0) is 11.2 Å². The van der Waals surface area contributed by atoms with Crippen molar-refractivity contribution < 1.29 is 9.84 Å². The van der Waals surface area contributed by atoms with Crippen molar-refractivity contribution in [1.29, 1.82) is 0 Å². The lowest BCUT2D eigenvalue weighted by Gasteiger charge is -2.21. The van der Waals surface area contributed by atoms with Crippen LogP contribution in [0.1, 0.15) is 43.9 Å². The Bertz CT molecular complexity index is 292. The van der Waals surface area contributed by atoms with E-state index < -0.39 is 6.10 Å². The Morgan fingerprint density at radius 1 is 1.19 bits per heavy atom. The number of benzene rings is 1. The highest BCUT2D eigenvalue weighted by Crippen LogP contribution is 2.22. The minimum absolute atomic E-state index is 0.0996. The monoisotopic (exact) mass is 222 g/mol. The van der Waals surface area contributed by atoms with Crippen molar-refractivity contribution in [2.45, 2.75) is 45.3 Å². The second-order valence-electron chi connectivity index (χ2n) is 4.10. The summed E-state index contributed by atoms with van der Waals surface area (Å²) in [4.78, 5) is 0. The summed E-state index contributed by atoms with van der Waals surface area (Å²) in [6, 6.07) is 8.12. The Kier molecular flexibility index (Phi) is 5.50. The van der Waals surface area contributed by atoms with E-state index in [4.69, 9.17) is 4.74 Å². The highest BCUT2D eigenvalue weighted by atomic mass is 16.5. The Balaban J connectivity index is 2.73. The van der Waals surface area contributed by atoms with Gasteiger partial charge in [-0.1, -0.05) is 44.5 Å². The zero-order valence-corrected chi connectivity index (χ0v) is 10.4. The van der Waals surface area contributed by atoms with E-state index in [9.17, 15) is 5.11 Å². The molecule has 0 aliphatic rings. The number of methoxy groups -OCH3 is 1. The molecule has 0 bridgehead atoms. The maximum atomic E-state index is 10.1. The summed E-state index contributed by atoms with van der Waals surface area (Å²) in [6.45, 7) is 4.22. The Morgan fingerprint density at radius 3 is 2.25 bits per heavy atom. The predicted molar refractivity (Wildman–Crippen MR) is 66.5 cm³/mol. The molecule has 2 heteroatoms. The average Bonchev–Trinajstić information content (AvgIpc) is 2.35. The highest BCUT2D eigenvalue weighted by Gasteiger charge is 2.19. The van der Waals surface area contributed by atoms with Crippen molar-refractivity contribution in [3.63, 3.8) is 0 Å². The van der Waals surface area contributed by atoms with E-state index in [1.165, 1.54) is 5.56 Å². The van der Waals surface area contributed by atoms with Crippen LogP contribution >= 0.6 is 0 Å². The maximum absolute atomic E-state index is 10.1. The quantitative estimate of drug-likeness (QED) is 0.801. The third-order valence-electron chi connectivity index (χ3n) is 2.96. The van der Waals surface area contributed by atoms with Crippen LogP contribution in [-0.4, -0.2) is 18.3 Å². The van der Waals surface area contributed by atoms with Gasteiger partial charge in [0.15, 0.2) is 0 Å². The smallest absolute Gasteiger partial charge is 0.105 e. The predicted octanol–water partition coefficient (Wildman–Crippen LogP) is 3.10. The molecule has 1 aromatic rings. The van der Waals surface area contributed by atoms with E-state index >= 15 is 0 Å². The molecule has 0 aliphatic heterocycles. The van der Waals surface area contributed by atoms with Gasteiger partial charge in [0, 0.05) is 7.11 Å². The number of ether oxygens (including phenoxy) is 1. The highest BCUT2D eigenvalue weighted by molar-refractivity contribution is 5.24. The van der Waals surface area contributed by atoms with Gasteiger partial charge in [-0.25, -0.2) is 0 Å². The van der Waals surface area contributed by atoms with Crippen LogP contribution in [0.2, 0.25) is 0 Å². The molecular formula is C14H22O2. The molecule has 1 rings (SSSR count). The molecule has 0 fully saturated rings. The Labute approximate surface area is 98.3 Å². The van der Waals surface area contributed by atoms with Gasteiger partial charge in [0.2, 0.25) is 0 Å². The zero-order chi connectivity index (χ0) is 12.0. The molecule has 0 aliphatic carbocycles. The fourth-order valence-corrected chi connectivity index (χ4v) is 1.85. The van der Waals surface area contributed by atoms with Crippen LogP contribution in [0.15, 0.2) is 24.3 Å². The first-order valence-corrected chi connectivity index (χ1v) is 6.02. The lowest BCUT2D eigenvalue weighted by Crippen LogP contribution is -2.20. The summed E-state index contributed by atoms with van der Waals surface area (Å²) >= 11 is 0. The van der Waals surface area contributed by atoms with Crippen LogP contribution in [0, 0.1) is 0 Å². The number of hydrogen-bond acceptors (Lipinski definition) is 2. The van der Waals surface area contributed by atoms with Crippen molar-refractivity contribution in [2.75, 3.05) is 7.11 Å². The van der Waals surface area contributed by atoms with Crippen LogP contribution in [0.5, 0.6) is 0 Å². The Hall–Kier alpha value is -0.860. The van der Waals surface area contributed by atoms with Crippen LogP contribution < -0.4 is 0 Å². The molecule has 0 heterocycles. The summed E-state index contributed by atoms with van der Waals surface area (Å²) in [7, 11) is 1.66. The minimum atomic E-state index is -0.518. The van der Waals surface area contributed by atoms with Crippen molar-refractivity contribution in [3.05, 3.63) is 35.4 Å². The molecule has 0 spiro atoms. The van der Waals surface area contributed by atoms with Crippen molar-refractivity contribution >= 4 is 0 Å². The van der Waals surface area contributed by atoms with E-state index in [1.807, 2.05) is 12.1 Å². The summed E-state index contributed by atoms with van der Waals surface area (Å²) < 4.78 is 5.31. The molecule has 0 aromatic heterocycles. The summed E-state index contributed by atoms with van der Waals surface area (Å²) in [5, 5.41) is 10.1. The van der Waals surface area contributed by atoms with Crippen LogP contribution in [0.25, 0.3) is 0 Å². The van der Waals surface area contributed by atoms with Gasteiger partial charge in [-0.05, 0) is 24.0 Å². The molecule has 1 aromatic carbocycles. The van der Waals surface area contributed by atoms with Crippen LogP contribution in [0.3, 0.4) is 0 Å². The topological polar surface area (TPSA) is 29.5 Å². The van der Waals surface area contributed by atoms with Gasteiger partial charge in [0.1, 0.15) is 6.10 Å². The fraction of sp³-hybridized carbons (Fsp3) is 0.571. The molecule has 0 radical (unpaired) electrons. The van der Waals surface area contributed by atoms with E-state index in [0.29, 0.717) is 0 Å². The third kappa shape index (κ3) is 3.32. The van der Waals surface area contributed by atoms with Gasteiger partial charge >= 0.3 is 0 Å². The molecule has 16 heavy (non-hydrogen) atoms. The average molecular weight is 222 g/mol. The SMILES string of the molecule is CCCC(OC)C(O)c1ccc(CC)cc1. The second-order valence-corrected chi connectivity index (χ2v) is 4.10. The summed E-state index contributed by atoms with van der Waals surface area (Å²) in [6.07, 6.45) is 2.31. The summed E-state index contributed by atoms with van der Waals surface area (Å²) in [5.41, 5.74) is 2.23. The number of aryl methyl sites for hydroxylation is 1. The van der Waals surface area contributed by atoms with E-state index in [-0.39, 0.29) is 6.10 Å². The third-order valence-corrected chi connectivity index (χ3v) is 2.96. The number of aliphatic hydroxyl groups excluding tert-OH is 1. The van der Waals surface area contributed by atoms with Gasteiger partial charge in [-0.15, -0.1) is 0 Å². The molecule has 90 valence electrons. The molecule has 0 saturated carbocycles. The number of rotatable bonds is 6. The van der Waals surface area contributed by atoms with Crippen molar-refractivity contribution in [1.82, 2.24) is 0 Å². The largest absolute Gasteiger partial charge is 0.386 e. The van der Waals surface area contributed by atoms with Crippen molar-refractivity contribution in [2.24, 2.45) is 0 Å². The lowest BCUT2D eigenvalue weighted by atomic mass is 9.99.